The predicted octanol–water partition coefficient (Wildman–Crippen LogP) is 3.18. The number of carbonyl (C=O) groups excluding carboxylic acids is 7. The number of nitrogens with zero attached hydrogens (tertiary/aromatic N) is 9. The highest BCUT2D eigenvalue weighted by molar-refractivity contribution is 7.14. The number of methoxy groups -OCH3 is 1. The molecular formula is C64H70N14O19S5. The van der Waals surface area contributed by atoms with E-state index in [1.165, 1.54) is 55.4 Å². The number of esters is 2. The summed E-state index contributed by atoms with van der Waals surface area (Å²) >= 11 is 4.51. The highest BCUT2D eigenvalue weighted by Gasteiger charge is 2.50. The normalized spacial score (nSPS) is 23.7. The highest BCUT2D eigenvalue weighted by Crippen LogP contribution is 2.43. The molecule has 0 radical (unpaired) electrons. The number of hydrogen-bond donors (Lipinski definition) is 11. The summed E-state index contributed by atoms with van der Waals surface area (Å²) < 4.78 is 38.3. The van der Waals surface area contributed by atoms with Crippen molar-refractivity contribution >= 4 is 115 Å². The molecule has 5 amide bonds. The zero-order valence-corrected chi connectivity index (χ0v) is 59.6. The third kappa shape index (κ3) is 15.0. The molecule has 0 saturated carbocycles. The van der Waals surface area contributed by atoms with Gasteiger partial charge in [0.25, 0.3) is 23.6 Å². The Morgan fingerprint density at radius 2 is 1.58 bits per heavy atom. The first-order valence-electron chi connectivity index (χ1n) is 31.8. The lowest BCUT2D eigenvalue weighted by molar-refractivity contribution is -0.280. The molecule has 12 rings (SSSR count). The van der Waals surface area contributed by atoms with Crippen molar-refractivity contribution in [3.63, 3.8) is 0 Å². The van der Waals surface area contributed by atoms with E-state index < -0.39 is 133 Å². The van der Waals surface area contributed by atoms with E-state index in [2.05, 4.69) is 46.5 Å². The molecule has 1 saturated heterocycles. The third-order valence-corrected chi connectivity index (χ3v) is 21.9. The van der Waals surface area contributed by atoms with E-state index in [0.29, 0.717) is 16.8 Å². The highest BCUT2D eigenvalue weighted by atomic mass is 32.1. The lowest BCUT2D eigenvalue weighted by atomic mass is 9.85. The molecule has 1 unspecified atom stereocenters. The zero-order valence-electron chi connectivity index (χ0n) is 55.5. The maximum atomic E-state index is 15.2. The van der Waals surface area contributed by atoms with Crippen LogP contribution in [0.25, 0.3) is 49.3 Å². The molecule has 12 bridgehead atoms. The Hall–Kier alpha value is -8.87. The Balaban J connectivity index is 1.01. The number of ether oxygens (including phenoxy) is 6. The first-order valence-corrected chi connectivity index (χ1v) is 36.1. The van der Waals surface area contributed by atoms with Gasteiger partial charge in [0.15, 0.2) is 18.1 Å². The molecule has 7 aromatic heterocycles. The molecule has 33 nitrogen and oxygen atoms in total. The Bertz CT molecular complexity index is 4550. The molecule has 11 heterocycles. The number of aliphatic hydroxyl groups excluding tert-OH is 3. The van der Waals surface area contributed by atoms with Crippen molar-refractivity contribution in [2.75, 3.05) is 67.2 Å². The second-order valence-corrected chi connectivity index (χ2v) is 29.1. The molecule has 38 heteroatoms. The van der Waals surface area contributed by atoms with Gasteiger partial charge in [0, 0.05) is 70.6 Å². The van der Waals surface area contributed by atoms with E-state index >= 15 is 19.2 Å². The van der Waals surface area contributed by atoms with Crippen LogP contribution in [0.1, 0.15) is 124 Å². The maximum Gasteiger partial charge on any atom is 0.358 e. The molecule has 4 aliphatic heterocycles. The van der Waals surface area contributed by atoms with Gasteiger partial charge in [-0.05, 0) is 59.5 Å². The van der Waals surface area contributed by atoms with Crippen molar-refractivity contribution in [2.24, 2.45) is 0 Å². The van der Waals surface area contributed by atoms with Crippen molar-refractivity contribution in [3.05, 3.63) is 112 Å². The summed E-state index contributed by atoms with van der Waals surface area (Å²) in [6.07, 6.45) is -6.33. The number of carbonyl (C=O) groups is 7. The number of rotatable bonds is 14. The fourth-order valence-electron chi connectivity index (χ4n) is 12.5. The van der Waals surface area contributed by atoms with Gasteiger partial charge in [0.05, 0.1) is 62.5 Å². The van der Waals surface area contributed by atoms with Crippen LogP contribution in [0, 0.1) is 0 Å². The quantitative estimate of drug-likeness (QED) is 0.0423. The summed E-state index contributed by atoms with van der Waals surface area (Å²) in [5, 5.41) is 86.1. The molecule has 11 N–H and O–H groups in total. The number of pyridine rings is 1. The van der Waals surface area contributed by atoms with E-state index in [9.17, 15) is 45.1 Å². The summed E-state index contributed by atoms with van der Waals surface area (Å²) in [5.41, 5.74) is -2.19. The number of amides is 5. The Morgan fingerprint density at radius 1 is 0.863 bits per heavy atom. The number of aromatic nitrogens is 7. The average molecular weight is 1500 g/mol. The molecule has 1 aromatic carbocycles. The summed E-state index contributed by atoms with van der Waals surface area (Å²) in [6.45, 7) is 4.93. The molecule has 1 fully saturated rings. The lowest BCUT2D eigenvalue weighted by Gasteiger charge is -2.48. The minimum Gasteiger partial charge on any atom is -0.506 e. The number of cyclic esters (lactones) is 2. The minimum atomic E-state index is -1.92. The Kier molecular flexibility index (Phi) is 21.9. The molecule has 540 valence electrons. The number of benzene rings is 1. The number of thiazole rings is 5. The van der Waals surface area contributed by atoms with E-state index in [1.807, 2.05) is 0 Å². The van der Waals surface area contributed by atoms with Crippen LogP contribution in [0.4, 0.5) is 0 Å². The van der Waals surface area contributed by atoms with Crippen LogP contribution >= 0.6 is 56.7 Å². The van der Waals surface area contributed by atoms with Crippen LogP contribution < -0.4 is 26.6 Å². The Morgan fingerprint density at radius 3 is 2.29 bits per heavy atom. The van der Waals surface area contributed by atoms with Gasteiger partial charge in [-0.2, -0.15) is 4.73 Å². The van der Waals surface area contributed by atoms with Crippen molar-refractivity contribution in [2.45, 2.75) is 108 Å². The van der Waals surface area contributed by atoms with Crippen LogP contribution in [-0.2, 0) is 51.2 Å². The summed E-state index contributed by atoms with van der Waals surface area (Å²) in [5.74, 6) is -6.82. The number of allylic oxidation sites excluding steroid dienone is 1. The first-order chi connectivity index (χ1) is 48.8. The molecule has 10 atom stereocenters. The first kappa shape index (κ1) is 72.9. The molecule has 8 aromatic rings. The van der Waals surface area contributed by atoms with Gasteiger partial charge in [-0.1, -0.05) is 12.1 Å². The van der Waals surface area contributed by atoms with Gasteiger partial charge in [-0.3, -0.25) is 28.9 Å². The number of nitrogens with one attached hydrogen (secondary N) is 5. The second kappa shape index (κ2) is 30.6. The van der Waals surface area contributed by atoms with E-state index in [1.54, 1.807) is 55.3 Å². The number of aliphatic hydroxyl groups is 4. The zero-order chi connectivity index (χ0) is 72.6. The summed E-state index contributed by atoms with van der Waals surface area (Å²) in [4.78, 5) is 134. The van der Waals surface area contributed by atoms with Crippen molar-refractivity contribution in [3.8, 4) is 38.4 Å². The van der Waals surface area contributed by atoms with Crippen LogP contribution in [0.3, 0.4) is 0 Å². The Labute approximate surface area is 600 Å². The molecule has 0 spiro atoms. The summed E-state index contributed by atoms with van der Waals surface area (Å²) in [7, 11) is 4.85. The fourth-order valence-corrected chi connectivity index (χ4v) is 16.7. The summed E-state index contributed by atoms with van der Waals surface area (Å²) in [6, 6.07) is 0.739. The van der Waals surface area contributed by atoms with Crippen molar-refractivity contribution in [1.82, 2.24) is 71.0 Å². The third-order valence-electron chi connectivity index (χ3n) is 17.3. The van der Waals surface area contributed by atoms with Gasteiger partial charge in [0.1, 0.15) is 119 Å². The van der Waals surface area contributed by atoms with Crippen LogP contribution in [-0.4, -0.2) is 232 Å². The monoisotopic (exact) mass is 1500 g/mol. The number of likely N-dealkylation sites (N-methyl/N-ethyl adjacent to an activating group) is 1. The van der Waals surface area contributed by atoms with E-state index in [4.69, 9.17) is 38.4 Å². The maximum absolute atomic E-state index is 15.2. The fraction of sp³-hybridized carbons (Fsp3) is 0.422. The number of hydrogen-bond acceptors (Lipinski definition) is 32. The van der Waals surface area contributed by atoms with Crippen LogP contribution in [0.15, 0.2) is 57.7 Å². The molecule has 102 heavy (non-hydrogen) atoms. The van der Waals surface area contributed by atoms with Crippen molar-refractivity contribution in [1.29, 1.82) is 0 Å². The second-order valence-electron chi connectivity index (χ2n) is 24.6. The van der Waals surface area contributed by atoms with Crippen LogP contribution in [0.2, 0.25) is 0 Å². The standard InChI is InChI=1S/C64H70N14O19S5/c1-27(81)43-56(87)74-44(28(2)92-7)60-71-37(26-100-60)54(85)75-47-49-50(97-41-18-64(4,90)51(76(5)6)29(3)96-41)63(89)94-20-30-9-8-10-38-42(30)32(21-93-49)48(78(38)91)62(88)95-22-33(67-55(86)40-19-66-59(47)102-40)58-68-34(23-99-58)45-31(57-69-36(25-98-57)53(84)73-43)17-39(82)46(72-45)61-70-35(24-101-61)52(83)65-11-12-77(13-15-79)14-16-80/h8-10,17,19,23-27,29,33,41,43,47,49-51,79-82,90-91H,11-16,18,20-22H2,1-7H3,(H,65,83)(H,67,86)(H,73,84)(H,74,87)(H,75,85)/b44-28+/t27-,29+,33+,41+,43+,47+,49?,50+,51-,64+/m1/s1. The van der Waals surface area contributed by atoms with Gasteiger partial charge in [0.2, 0.25) is 5.91 Å². The molecule has 4 aliphatic rings. The van der Waals surface area contributed by atoms with Crippen molar-refractivity contribution < 1.29 is 92.7 Å². The molecule has 0 aliphatic carbocycles. The SMILES string of the molecule is CO/C(C)=C1/NC(=O)[C@H]([C@@H](C)O)NC(=O)c2csc(n2)-c2cc(O)c(-c3nc(C(=O)NCCN(CCO)CCO)cs3)nc2-c2csc(n2)[C@@H]2COC(=O)c3c4c5c(cccc5n3O)COC(=O)[C@@H](O[C@H]3C[C@](C)(O)[C@H](N(C)C)[C@H](C)O3)C(OC4)[C@H](NC(=O)c3csc1n3)c1ncc(s1)C(=O)N2. The lowest BCUT2D eigenvalue weighted by Crippen LogP contribution is -2.62. The predicted molar refractivity (Wildman–Crippen MR) is 367 cm³/mol. The topological polar surface area (TPSA) is 445 Å². The smallest absolute Gasteiger partial charge is 0.358 e. The largest absolute Gasteiger partial charge is 0.506 e. The molecular weight excluding hydrogens is 1430 g/mol. The number of aromatic hydroxyl groups is 1. The van der Waals surface area contributed by atoms with Crippen LogP contribution in [0.5, 0.6) is 5.75 Å². The van der Waals surface area contributed by atoms with Gasteiger partial charge in [-0.25, -0.2) is 39.5 Å². The van der Waals surface area contributed by atoms with Gasteiger partial charge < -0.3 is 90.6 Å². The van der Waals surface area contributed by atoms with E-state index in [0.717, 1.165) is 56.7 Å². The number of fused-ring (bicyclic) bond motifs is 15. The average Bonchev–Trinajstić information content (AvgIpc) is 1.73. The van der Waals surface area contributed by atoms with Gasteiger partial charge >= 0.3 is 11.9 Å². The van der Waals surface area contributed by atoms with Gasteiger partial charge in [-0.15, -0.1) is 56.7 Å². The minimum absolute atomic E-state index is 0.0109. The van der Waals surface area contributed by atoms with E-state index in [-0.39, 0.29) is 137 Å².